The maximum atomic E-state index is 12.6. The van der Waals surface area contributed by atoms with E-state index in [0.717, 1.165) is 36.3 Å². The maximum absolute atomic E-state index is 12.6. The summed E-state index contributed by atoms with van der Waals surface area (Å²) in [4.78, 5) is 14.5. The molecule has 0 aliphatic carbocycles. The maximum Gasteiger partial charge on any atom is 0.410 e. The van der Waals surface area contributed by atoms with Gasteiger partial charge in [-0.1, -0.05) is 35.5 Å². The average molecular weight is 340 g/mol. The summed E-state index contributed by atoms with van der Waals surface area (Å²) in [7, 11) is 0. The number of carbonyl (C=O) groups excluding carboxylic acids is 1. The summed E-state index contributed by atoms with van der Waals surface area (Å²) in [6, 6.07) is 12.4. The van der Waals surface area contributed by atoms with Crippen molar-refractivity contribution in [3.63, 3.8) is 0 Å². The molecular weight excluding hydrogens is 316 g/mol. The molecule has 1 amide bonds. The molecule has 132 valence electrons. The molecule has 2 saturated heterocycles. The van der Waals surface area contributed by atoms with Crippen LogP contribution in [-0.2, 0) is 4.74 Å². The van der Waals surface area contributed by atoms with Gasteiger partial charge in [-0.25, -0.2) is 4.79 Å². The number of aromatic nitrogens is 1. The highest BCUT2D eigenvalue weighted by atomic mass is 16.6. The van der Waals surface area contributed by atoms with Gasteiger partial charge in [0.2, 0.25) is 0 Å². The van der Waals surface area contributed by atoms with Gasteiger partial charge in [0.05, 0.1) is 0 Å². The van der Waals surface area contributed by atoms with Gasteiger partial charge in [0.15, 0.2) is 0 Å². The van der Waals surface area contributed by atoms with Gasteiger partial charge < -0.3 is 14.2 Å². The molecule has 3 heterocycles. The SMILES string of the molecule is CC(C)(C)OC(=O)N1[C@H]2CC[C@@H]1[C@@H](c1cc(-c3ccccc3)no1)C2. The molecule has 0 radical (unpaired) electrons. The van der Waals surface area contributed by atoms with Gasteiger partial charge in [-0.3, -0.25) is 0 Å². The monoisotopic (exact) mass is 340 g/mol. The van der Waals surface area contributed by atoms with E-state index in [9.17, 15) is 4.79 Å². The zero-order chi connectivity index (χ0) is 17.6. The van der Waals surface area contributed by atoms with Crippen LogP contribution in [0.3, 0.4) is 0 Å². The molecule has 25 heavy (non-hydrogen) atoms. The van der Waals surface area contributed by atoms with Crippen LogP contribution in [0.4, 0.5) is 4.79 Å². The van der Waals surface area contributed by atoms with Crippen LogP contribution >= 0.6 is 0 Å². The lowest BCUT2D eigenvalue weighted by atomic mass is 9.87. The molecule has 4 rings (SSSR count). The first-order chi connectivity index (χ1) is 11.9. The Morgan fingerprint density at radius 3 is 2.72 bits per heavy atom. The number of ether oxygens (including phenoxy) is 1. The van der Waals surface area contributed by atoms with Crippen LogP contribution in [-0.4, -0.2) is 33.8 Å². The zero-order valence-corrected chi connectivity index (χ0v) is 14.9. The van der Waals surface area contributed by atoms with Crippen molar-refractivity contribution in [2.24, 2.45) is 0 Å². The summed E-state index contributed by atoms with van der Waals surface area (Å²) < 4.78 is 11.3. The second-order valence-electron chi connectivity index (χ2n) is 8.01. The van der Waals surface area contributed by atoms with Crippen LogP contribution in [0.15, 0.2) is 40.9 Å². The summed E-state index contributed by atoms with van der Waals surface area (Å²) in [5.74, 6) is 1.08. The summed E-state index contributed by atoms with van der Waals surface area (Å²) in [5, 5.41) is 4.23. The fourth-order valence-corrected chi connectivity index (χ4v) is 4.10. The number of hydrogen-bond acceptors (Lipinski definition) is 4. The van der Waals surface area contributed by atoms with E-state index in [2.05, 4.69) is 5.16 Å². The van der Waals surface area contributed by atoms with Gasteiger partial charge in [0.1, 0.15) is 17.1 Å². The van der Waals surface area contributed by atoms with E-state index >= 15 is 0 Å². The van der Waals surface area contributed by atoms with Gasteiger partial charge >= 0.3 is 6.09 Å². The lowest BCUT2D eigenvalue weighted by Gasteiger charge is -2.28. The molecule has 2 fully saturated rings. The molecule has 3 atom stereocenters. The first-order valence-corrected chi connectivity index (χ1v) is 8.96. The van der Waals surface area contributed by atoms with Crippen LogP contribution < -0.4 is 0 Å². The number of nitrogens with zero attached hydrogens (tertiary/aromatic N) is 2. The quantitative estimate of drug-likeness (QED) is 0.802. The summed E-state index contributed by atoms with van der Waals surface area (Å²) in [6.07, 6.45) is 2.76. The second kappa shape index (κ2) is 5.90. The normalized spacial score (nSPS) is 25.4. The Bertz CT molecular complexity index is 763. The standard InChI is InChI=1S/C20H24N2O3/c1-20(2,3)24-19(23)22-14-9-10-17(22)15(11-14)18-12-16(21-25-18)13-7-5-4-6-8-13/h4-8,12,14-15,17H,9-11H2,1-3H3/t14-,15-,17+/m0/s1. The number of amides is 1. The molecule has 0 unspecified atom stereocenters. The predicted molar refractivity (Wildman–Crippen MR) is 94.2 cm³/mol. The Morgan fingerprint density at radius 2 is 2.00 bits per heavy atom. The van der Waals surface area contributed by atoms with Crippen molar-refractivity contribution >= 4 is 6.09 Å². The fourth-order valence-electron chi connectivity index (χ4n) is 4.10. The van der Waals surface area contributed by atoms with E-state index in [1.165, 1.54) is 0 Å². The van der Waals surface area contributed by atoms with Crippen molar-refractivity contribution in [2.75, 3.05) is 0 Å². The predicted octanol–water partition coefficient (Wildman–Crippen LogP) is 4.60. The van der Waals surface area contributed by atoms with Crippen molar-refractivity contribution in [2.45, 2.75) is 63.6 Å². The van der Waals surface area contributed by atoms with E-state index in [-0.39, 0.29) is 24.1 Å². The molecule has 2 aromatic rings. The molecule has 2 bridgehead atoms. The van der Waals surface area contributed by atoms with E-state index in [1.54, 1.807) is 0 Å². The molecule has 0 N–H and O–H groups in total. The van der Waals surface area contributed by atoms with Crippen molar-refractivity contribution in [3.8, 4) is 11.3 Å². The number of fused-ring (bicyclic) bond motifs is 2. The molecular formula is C20H24N2O3. The largest absolute Gasteiger partial charge is 0.444 e. The number of hydrogen-bond donors (Lipinski definition) is 0. The minimum Gasteiger partial charge on any atom is -0.444 e. The topological polar surface area (TPSA) is 55.6 Å². The smallest absolute Gasteiger partial charge is 0.410 e. The summed E-state index contributed by atoms with van der Waals surface area (Å²) >= 11 is 0. The number of rotatable bonds is 2. The van der Waals surface area contributed by atoms with Gasteiger partial charge in [0, 0.05) is 29.6 Å². The van der Waals surface area contributed by atoms with Gasteiger partial charge in [-0.15, -0.1) is 0 Å². The van der Waals surface area contributed by atoms with E-state index in [4.69, 9.17) is 9.26 Å². The Kier molecular flexibility index (Phi) is 3.82. The average Bonchev–Trinajstić information content (AvgIpc) is 3.28. The third-order valence-electron chi connectivity index (χ3n) is 5.10. The summed E-state index contributed by atoms with van der Waals surface area (Å²) in [6.45, 7) is 5.72. The molecule has 1 aromatic heterocycles. The van der Waals surface area contributed by atoms with Crippen LogP contribution in [0.1, 0.15) is 51.7 Å². The van der Waals surface area contributed by atoms with Gasteiger partial charge in [-0.2, -0.15) is 0 Å². The van der Waals surface area contributed by atoms with E-state index in [0.29, 0.717) is 0 Å². The van der Waals surface area contributed by atoms with Crippen molar-refractivity contribution in [1.29, 1.82) is 0 Å². The second-order valence-corrected chi connectivity index (χ2v) is 8.01. The Hall–Kier alpha value is -2.30. The highest BCUT2D eigenvalue weighted by Crippen LogP contribution is 2.47. The summed E-state index contributed by atoms with van der Waals surface area (Å²) in [5.41, 5.74) is 1.42. The van der Waals surface area contributed by atoms with Crippen LogP contribution in [0.5, 0.6) is 0 Å². The molecule has 5 heteroatoms. The fraction of sp³-hybridized carbons (Fsp3) is 0.500. The molecule has 0 spiro atoms. The van der Waals surface area contributed by atoms with E-state index < -0.39 is 5.60 Å². The molecule has 2 aliphatic heterocycles. The highest BCUT2D eigenvalue weighted by Gasteiger charge is 2.51. The molecule has 1 aromatic carbocycles. The highest BCUT2D eigenvalue weighted by molar-refractivity contribution is 5.70. The molecule has 0 saturated carbocycles. The van der Waals surface area contributed by atoms with Crippen LogP contribution in [0, 0.1) is 0 Å². The minimum atomic E-state index is -0.471. The van der Waals surface area contributed by atoms with Crippen LogP contribution in [0.2, 0.25) is 0 Å². The first kappa shape index (κ1) is 16.2. The Labute approximate surface area is 147 Å². The van der Waals surface area contributed by atoms with Crippen molar-refractivity contribution in [1.82, 2.24) is 10.1 Å². The minimum absolute atomic E-state index is 0.149. The lowest BCUT2D eigenvalue weighted by Crippen LogP contribution is -2.40. The van der Waals surface area contributed by atoms with Crippen molar-refractivity contribution < 1.29 is 14.1 Å². The number of carbonyl (C=O) groups is 1. The Balaban J connectivity index is 1.54. The molecule has 5 nitrogen and oxygen atoms in total. The van der Waals surface area contributed by atoms with Crippen molar-refractivity contribution in [3.05, 3.63) is 42.2 Å². The molecule has 2 aliphatic rings. The van der Waals surface area contributed by atoms with Gasteiger partial charge in [0.25, 0.3) is 0 Å². The van der Waals surface area contributed by atoms with E-state index in [1.807, 2.05) is 62.1 Å². The van der Waals surface area contributed by atoms with Crippen LogP contribution in [0.25, 0.3) is 11.3 Å². The van der Waals surface area contributed by atoms with Gasteiger partial charge in [-0.05, 0) is 40.0 Å². The number of benzene rings is 1. The first-order valence-electron chi connectivity index (χ1n) is 8.96. The zero-order valence-electron chi connectivity index (χ0n) is 14.9. The Morgan fingerprint density at radius 1 is 1.24 bits per heavy atom. The third-order valence-corrected chi connectivity index (χ3v) is 5.10. The third kappa shape index (κ3) is 3.03. The lowest BCUT2D eigenvalue weighted by molar-refractivity contribution is 0.0211.